The zero-order valence-electron chi connectivity index (χ0n) is 18.0. The SMILES string of the molecule is [2H][C@H](c1cccnc1)[C@@H]([2H])C(=O)CCCCCCC(=O)N1CCc2cc(O)ccc21. The molecule has 2 heterocycles. The minimum atomic E-state index is -1.09. The second kappa shape index (κ2) is 10.0. The van der Waals surface area contributed by atoms with Crippen LogP contribution in [0.2, 0.25) is 0 Å². The zero-order chi connectivity index (χ0) is 21.5. The van der Waals surface area contributed by atoms with Crippen LogP contribution in [0.15, 0.2) is 42.7 Å². The van der Waals surface area contributed by atoms with E-state index in [1.807, 2.05) is 0 Å². The smallest absolute Gasteiger partial charge is 0.226 e. The van der Waals surface area contributed by atoms with Gasteiger partial charge in [-0.05, 0) is 61.1 Å². The third kappa shape index (κ3) is 5.65. The van der Waals surface area contributed by atoms with Crippen LogP contribution in [0.25, 0.3) is 0 Å². The van der Waals surface area contributed by atoms with E-state index >= 15 is 0 Å². The van der Waals surface area contributed by atoms with Crippen molar-refractivity contribution in [3.05, 3.63) is 53.9 Å². The summed E-state index contributed by atoms with van der Waals surface area (Å²) in [4.78, 5) is 30.4. The monoisotopic (exact) mass is 382 g/mol. The van der Waals surface area contributed by atoms with Crippen LogP contribution >= 0.6 is 0 Å². The molecule has 0 radical (unpaired) electrons. The molecule has 0 unspecified atom stereocenters. The first-order valence-electron chi connectivity index (χ1n) is 11.0. The Bertz CT molecular complexity index is 876. The van der Waals surface area contributed by atoms with Crippen LogP contribution < -0.4 is 4.90 Å². The molecule has 0 aliphatic carbocycles. The van der Waals surface area contributed by atoms with Gasteiger partial charge in [0, 0.05) is 46.6 Å². The number of anilines is 1. The Morgan fingerprint density at radius 1 is 1.14 bits per heavy atom. The van der Waals surface area contributed by atoms with E-state index in [1.54, 1.807) is 41.4 Å². The minimum Gasteiger partial charge on any atom is -0.508 e. The van der Waals surface area contributed by atoms with Crippen LogP contribution in [0, 0.1) is 0 Å². The molecule has 0 saturated carbocycles. The van der Waals surface area contributed by atoms with E-state index < -0.39 is 12.8 Å². The third-order valence-corrected chi connectivity index (χ3v) is 4.97. The van der Waals surface area contributed by atoms with Crippen molar-refractivity contribution in [2.75, 3.05) is 11.4 Å². The van der Waals surface area contributed by atoms with Crippen molar-refractivity contribution in [2.45, 2.75) is 57.7 Å². The standard InChI is InChI=1S/C23H28N2O3/c26-20(10-9-18-6-5-14-24-17-18)7-3-1-2-4-8-23(28)25-15-13-19-16-21(27)11-12-22(19)25/h5-6,11-12,14,16-17,27H,1-4,7-10,13,15H2/i9D,10D/t9-,10+/m0/s1. The Balaban J connectivity index is 1.33. The number of carbonyl (C=O) groups excluding carboxylic acids is 2. The molecule has 0 fully saturated rings. The Morgan fingerprint density at radius 3 is 2.75 bits per heavy atom. The molecule has 1 amide bonds. The van der Waals surface area contributed by atoms with Crippen molar-refractivity contribution < 1.29 is 17.4 Å². The number of carbonyl (C=O) groups is 2. The van der Waals surface area contributed by atoms with Gasteiger partial charge in [0.15, 0.2) is 0 Å². The van der Waals surface area contributed by atoms with Crippen molar-refractivity contribution in [3.63, 3.8) is 0 Å². The number of hydrogen-bond donors (Lipinski definition) is 1. The maximum absolute atomic E-state index is 12.5. The van der Waals surface area contributed by atoms with Crippen molar-refractivity contribution >= 4 is 17.4 Å². The summed E-state index contributed by atoms with van der Waals surface area (Å²) >= 11 is 0. The van der Waals surface area contributed by atoms with Gasteiger partial charge in [-0.1, -0.05) is 18.9 Å². The van der Waals surface area contributed by atoms with Gasteiger partial charge in [-0.2, -0.15) is 0 Å². The summed E-state index contributed by atoms with van der Waals surface area (Å²) in [6, 6.07) is 8.55. The van der Waals surface area contributed by atoms with Gasteiger partial charge in [-0.25, -0.2) is 0 Å². The molecule has 148 valence electrons. The number of rotatable bonds is 10. The highest BCUT2D eigenvalue weighted by atomic mass is 16.3. The fraction of sp³-hybridized carbons (Fsp3) is 0.435. The largest absolute Gasteiger partial charge is 0.508 e. The fourth-order valence-electron chi connectivity index (χ4n) is 3.46. The van der Waals surface area contributed by atoms with E-state index in [0.717, 1.165) is 36.9 Å². The highest BCUT2D eigenvalue weighted by Gasteiger charge is 2.24. The van der Waals surface area contributed by atoms with Crippen LogP contribution in [-0.2, 0) is 22.4 Å². The predicted octanol–water partition coefficient (Wildman–Crippen LogP) is 4.22. The zero-order valence-corrected chi connectivity index (χ0v) is 16.0. The third-order valence-electron chi connectivity index (χ3n) is 4.97. The molecule has 5 nitrogen and oxygen atoms in total. The highest BCUT2D eigenvalue weighted by molar-refractivity contribution is 5.95. The fourth-order valence-corrected chi connectivity index (χ4v) is 3.46. The summed E-state index contributed by atoms with van der Waals surface area (Å²) in [5.74, 6) is 0.104. The molecular formula is C23H28N2O3. The normalized spacial score (nSPS) is 16.1. The molecule has 1 aliphatic heterocycles. The van der Waals surface area contributed by atoms with E-state index in [4.69, 9.17) is 2.74 Å². The highest BCUT2D eigenvalue weighted by Crippen LogP contribution is 2.31. The van der Waals surface area contributed by atoms with Gasteiger partial charge in [-0.3, -0.25) is 14.6 Å². The number of aryl methyl sites for hydroxylation is 1. The predicted molar refractivity (Wildman–Crippen MR) is 109 cm³/mol. The Labute approximate surface area is 169 Å². The lowest BCUT2D eigenvalue weighted by Crippen LogP contribution is -2.28. The molecule has 0 saturated heterocycles. The lowest BCUT2D eigenvalue weighted by atomic mass is 10.0. The number of nitrogens with zero attached hydrogens (tertiary/aromatic N) is 2. The Morgan fingerprint density at radius 2 is 1.96 bits per heavy atom. The van der Waals surface area contributed by atoms with Crippen LogP contribution in [0.1, 0.15) is 58.8 Å². The number of hydrogen-bond acceptors (Lipinski definition) is 4. The molecule has 1 aromatic heterocycles. The molecule has 28 heavy (non-hydrogen) atoms. The summed E-state index contributed by atoms with van der Waals surface area (Å²) in [5.41, 5.74) is 2.48. The lowest BCUT2D eigenvalue weighted by molar-refractivity contribution is -0.119. The molecule has 1 N–H and O–H groups in total. The first-order chi connectivity index (χ1) is 14.5. The first kappa shape index (κ1) is 17.4. The van der Waals surface area contributed by atoms with E-state index in [-0.39, 0.29) is 17.4 Å². The number of benzene rings is 1. The van der Waals surface area contributed by atoms with Gasteiger partial charge < -0.3 is 10.0 Å². The van der Waals surface area contributed by atoms with Crippen molar-refractivity contribution in [1.29, 1.82) is 0 Å². The van der Waals surface area contributed by atoms with E-state index in [1.165, 1.54) is 6.20 Å². The number of phenols is 1. The topological polar surface area (TPSA) is 70.5 Å². The summed E-state index contributed by atoms with van der Waals surface area (Å²) in [7, 11) is 0. The van der Waals surface area contributed by atoms with Crippen LogP contribution in [0.5, 0.6) is 5.75 Å². The second-order valence-electron chi connectivity index (χ2n) is 7.11. The molecule has 5 heteroatoms. The lowest BCUT2D eigenvalue weighted by Gasteiger charge is -2.17. The molecule has 2 aromatic rings. The number of unbranched alkanes of at least 4 members (excludes halogenated alkanes) is 3. The average molecular weight is 383 g/mol. The van der Waals surface area contributed by atoms with Crippen molar-refractivity contribution in [1.82, 2.24) is 4.98 Å². The van der Waals surface area contributed by atoms with Gasteiger partial charge in [0.1, 0.15) is 11.5 Å². The van der Waals surface area contributed by atoms with E-state index in [9.17, 15) is 14.7 Å². The Hall–Kier alpha value is -2.69. The van der Waals surface area contributed by atoms with Gasteiger partial charge in [0.2, 0.25) is 5.91 Å². The number of amides is 1. The number of pyridine rings is 1. The number of fused-ring (bicyclic) bond motifs is 1. The quantitative estimate of drug-likeness (QED) is 0.625. The average Bonchev–Trinajstić information content (AvgIpc) is 3.18. The van der Waals surface area contributed by atoms with Gasteiger partial charge in [0.05, 0.1) is 0 Å². The molecule has 3 rings (SSSR count). The summed E-state index contributed by atoms with van der Waals surface area (Å²) in [6.07, 6.45) is 5.77. The van der Waals surface area contributed by atoms with Crippen LogP contribution in [-0.4, -0.2) is 28.3 Å². The van der Waals surface area contributed by atoms with Gasteiger partial charge in [0.25, 0.3) is 0 Å². The molecular weight excluding hydrogens is 352 g/mol. The maximum Gasteiger partial charge on any atom is 0.226 e. The summed E-state index contributed by atoms with van der Waals surface area (Å²) in [5, 5.41) is 9.55. The van der Waals surface area contributed by atoms with Gasteiger partial charge >= 0.3 is 0 Å². The van der Waals surface area contributed by atoms with Crippen molar-refractivity contribution in [2.24, 2.45) is 0 Å². The molecule has 1 aliphatic rings. The molecule has 2 atom stereocenters. The molecule has 1 aromatic carbocycles. The number of aromatic nitrogens is 1. The maximum atomic E-state index is 12.5. The second-order valence-corrected chi connectivity index (χ2v) is 7.11. The number of Topliss-reactive ketones (excluding diaryl/α,β-unsaturated/α-hetero) is 1. The van der Waals surface area contributed by atoms with Crippen LogP contribution in [0.4, 0.5) is 5.69 Å². The molecule has 0 bridgehead atoms. The Kier molecular flexibility index (Phi) is 6.23. The van der Waals surface area contributed by atoms with E-state index in [0.29, 0.717) is 31.4 Å². The first-order valence-corrected chi connectivity index (χ1v) is 9.87. The molecule has 0 spiro atoms. The van der Waals surface area contributed by atoms with Crippen LogP contribution in [0.3, 0.4) is 0 Å². The number of ketones is 1. The number of aromatic hydroxyl groups is 1. The number of phenolic OH excluding ortho intramolecular Hbond substituents is 1. The summed E-state index contributed by atoms with van der Waals surface area (Å²) in [6.45, 7) is 0.655. The summed E-state index contributed by atoms with van der Waals surface area (Å²) < 4.78 is 16.1. The van der Waals surface area contributed by atoms with Crippen molar-refractivity contribution in [3.8, 4) is 5.75 Å². The van der Waals surface area contributed by atoms with Gasteiger partial charge in [-0.15, -0.1) is 0 Å². The minimum absolute atomic E-state index is 0.0928. The van der Waals surface area contributed by atoms with E-state index in [2.05, 4.69) is 4.98 Å².